The first kappa shape index (κ1) is 36.1. The molecule has 2 fully saturated rings. The Kier molecular flexibility index (Phi) is 13.5. The fourth-order valence-corrected chi connectivity index (χ4v) is 5.30. The minimum Gasteiger partial charge on any atom is -0.465 e. The molecule has 0 spiro atoms. The number of nitrogens with one attached hydrogen (secondary N) is 5. The molecule has 7 N–H and O–H groups in total. The fourth-order valence-electron chi connectivity index (χ4n) is 5.30. The molecule has 0 aromatic heterocycles. The predicted molar refractivity (Wildman–Crippen MR) is 149 cm³/mol. The van der Waals surface area contributed by atoms with Gasteiger partial charge in [-0.25, -0.2) is 4.79 Å². The van der Waals surface area contributed by atoms with Crippen LogP contribution in [0.3, 0.4) is 0 Å². The fraction of sp³-hybridized carbons (Fsp3) is 0.815. The number of likely N-dealkylation sites (tertiary alicyclic amines) is 1. The van der Waals surface area contributed by atoms with E-state index in [2.05, 4.69) is 26.6 Å². The highest BCUT2D eigenvalue weighted by molar-refractivity contribution is 5.92. The molecule has 0 aromatic rings. The van der Waals surface area contributed by atoms with Crippen molar-refractivity contribution in [2.24, 2.45) is 17.8 Å². The van der Waals surface area contributed by atoms with Crippen molar-refractivity contribution in [3.8, 4) is 0 Å². The molecule has 0 aliphatic carbocycles. The number of rotatable bonds is 14. The molecule has 16 heteroatoms. The van der Waals surface area contributed by atoms with Crippen LogP contribution in [0.15, 0.2) is 0 Å². The Morgan fingerprint density at radius 2 is 1.53 bits per heavy atom. The van der Waals surface area contributed by atoms with Crippen molar-refractivity contribution >= 4 is 29.7 Å². The molecule has 2 aliphatic heterocycles. The largest absolute Gasteiger partial charge is 0.465 e. The lowest BCUT2D eigenvalue weighted by Crippen LogP contribution is -2.60. The molecule has 4 unspecified atom stereocenters. The number of carbonyl (C=O) groups excluding carboxylic acids is 4. The Labute approximate surface area is 249 Å². The molecule has 246 valence electrons. The normalized spacial score (nSPS) is 21.1. The molecule has 0 saturated carbocycles. The van der Waals surface area contributed by atoms with E-state index in [9.17, 15) is 47.4 Å². The van der Waals surface area contributed by atoms with Crippen LogP contribution < -0.4 is 26.6 Å². The molecule has 2 rings (SSSR count). The average Bonchev–Trinajstić information content (AvgIpc) is 3.29. The van der Waals surface area contributed by atoms with Gasteiger partial charge in [0, 0.05) is 25.0 Å². The van der Waals surface area contributed by atoms with Gasteiger partial charge in [0.25, 0.3) is 5.91 Å². The van der Waals surface area contributed by atoms with E-state index in [1.54, 1.807) is 32.6 Å². The second-order valence-corrected chi connectivity index (χ2v) is 12.0. The second kappa shape index (κ2) is 16.1. The van der Waals surface area contributed by atoms with Gasteiger partial charge >= 0.3 is 12.3 Å². The molecule has 43 heavy (non-hydrogen) atoms. The Morgan fingerprint density at radius 1 is 0.930 bits per heavy atom. The maximum Gasteiger partial charge on any atom is 0.405 e. The number of alkyl halides is 3. The van der Waals surface area contributed by atoms with Gasteiger partial charge in [0.15, 0.2) is 6.10 Å². The van der Waals surface area contributed by atoms with Gasteiger partial charge in [-0.1, -0.05) is 13.8 Å². The van der Waals surface area contributed by atoms with Crippen LogP contribution in [-0.2, 0) is 19.2 Å². The number of hydrogen-bond donors (Lipinski definition) is 7. The van der Waals surface area contributed by atoms with E-state index in [1.807, 2.05) is 0 Å². The third-order valence-electron chi connectivity index (χ3n) is 7.56. The number of hydrogen-bond acceptors (Lipinski definition) is 7. The van der Waals surface area contributed by atoms with Gasteiger partial charge < -0.3 is 41.7 Å². The number of aliphatic hydroxyl groups is 1. The van der Waals surface area contributed by atoms with Crippen molar-refractivity contribution in [2.75, 3.05) is 26.2 Å². The monoisotopic (exact) mass is 622 g/mol. The summed E-state index contributed by atoms with van der Waals surface area (Å²) in [4.78, 5) is 64.5. The van der Waals surface area contributed by atoms with Crippen molar-refractivity contribution in [2.45, 2.75) is 96.2 Å². The lowest BCUT2D eigenvalue weighted by molar-refractivity contribution is -0.185. The van der Waals surface area contributed by atoms with Crippen LogP contribution >= 0.6 is 0 Å². The smallest absolute Gasteiger partial charge is 0.405 e. The van der Waals surface area contributed by atoms with E-state index in [1.165, 1.54) is 0 Å². The van der Waals surface area contributed by atoms with Crippen LogP contribution in [0, 0.1) is 17.8 Å². The summed E-state index contributed by atoms with van der Waals surface area (Å²) in [5.74, 6) is -4.78. The van der Waals surface area contributed by atoms with Gasteiger partial charge in [0.05, 0.1) is 12.0 Å². The van der Waals surface area contributed by atoms with Crippen molar-refractivity contribution in [1.82, 2.24) is 31.5 Å². The molecule has 0 aromatic carbocycles. The summed E-state index contributed by atoms with van der Waals surface area (Å²) in [6.07, 6.45) is -7.41. The Hall–Kier alpha value is -3.14. The number of nitrogens with zero attached hydrogens (tertiary/aromatic N) is 1. The third kappa shape index (κ3) is 11.8. The van der Waals surface area contributed by atoms with Gasteiger partial charge in [0.1, 0.15) is 12.1 Å². The van der Waals surface area contributed by atoms with Crippen molar-refractivity contribution < 1.29 is 47.4 Å². The maximum atomic E-state index is 13.5. The zero-order chi connectivity index (χ0) is 32.5. The molecule has 2 saturated heterocycles. The second-order valence-electron chi connectivity index (χ2n) is 12.0. The summed E-state index contributed by atoms with van der Waals surface area (Å²) < 4.78 is 39.2. The van der Waals surface area contributed by atoms with Gasteiger partial charge in [-0.2, -0.15) is 13.2 Å². The Balaban J connectivity index is 2.17. The minimum absolute atomic E-state index is 0.0118. The molecule has 0 bridgehead atoms. The van der Waals surface area contributed by atoms with Crippen molar-refractivity contribution in [1.29, 1.82) is 0 Å². The molecule has 5 amide bonds. The quantitative estimate of drug-likeness (QED) is 0.144. The number of amides is 5. The van der Waals surface area contributed by atoms with Crippen LogP contribution in [0.25, 0.3) is 0 Å². The van der Waals surface area contributed by atoms with E-state index < -0.39 is 66.1 Å². The van der Waals surface area contributed by atoms with E-state index in [4.69, 9.17) is 0 Å². The van der Waals surface area contributed by atoms with E-state index >= 15 is 0 Å². The van der Waals surface area contributed by atoms with Crippen LogP contribution in [0.1, 0.15) is 59.8 Å². The summed E-state index contributed by atoms with van der Waals surface area (Å²) in [6, 6.07) is -4.07. The standard InChI is InChI=1S/C27H45F3N6O7/c1-14(2)11-19(23(39)33-18(12-16-5-8-31-22(16)38)21(37)25(41)32-15(3)4)34-24(40)20(35-26(42)43)13-36-9-6-17(7-10-36)27(28,29)30/h14-21,35,37H,5-13H2,1-4H3,(H,31,38)(H,32,41)(H,33,39)(H,34,40)(H,42,43)/t16-,18?,19?,20?,21?/m0/s1. The number of carboxylic acid groups (broad SMARTS) is 1. The summed E-state index contributed by atoms with van der Waals surface area (Å²) >= 11 is 0. The predicted octanol–water partition coefficient (Wildman–Crippen LogP) is 0.324. The molecular weight excluding hydrogens is 577 g/mol. The van der Waals surface area contributed by atoms with Gasteiger partial charge in [0.2, 0.25) is 17.7 Å². The highest BCUT2D eigenvalue weighted by Crippen LogP contribution is 2.34. The first-order valence-corrected chi connectivity index (χ1v) is 14.6. The zero-order valence-corrected chi connectivity index (χ0v) is 25.0. The van der Waals surface area contributed by atoms with Crippen molar-refractivity contribution in [3.05, 3.63) is 0 Å². The van der Waals surface area contributed by atoms with Crippen LogP contribution in [0.4, 0.5) is 18.0 Å². The van der Waals surface area contributed by atoms with E-state index in [0.717, 1.165) is 0 Å². The number of halogens is 3. The molecular formula is C27H45F3N6O7. The first-order chi connectivity index (χ1) is 20.0. The van der Waals surface area contributed by atoms with Crippen molar-refractivity contribution in [3.63, 3.8) is 0 Å². The lowest BCUT2D eigenvalue weighted by Gasteiger charge is -2.35. The molecule has 13 nitrogen and oxygen atoms in total. The highest BCUT2D eigenvalue weighted by Gasteiger charge is 2.42. The summed E-state index contributed by atoms with van der Waals surface area (Å²) in [5, 5.41) is 32.6. The van der Waals surface area contributed by atoms with Gasteiger partial charge in [-0.05, 0) is 65.0 Å². The van der Waals surface area contributed by atoms with E-state index in [0.29, 0.717) is 13.0 Å². The first-order valence-electron chi connectivity index (χ1n) is 14.6. The SMILES string of the molecule is CC(C)CC(NC(=O)C(CN1CCC(C(F)(F)F)CC1)NC(=O)O)C(=O)NC(C[C@@H]1CCNC1=O)C(O)C(=O)NC(C)C. The molecule has 5 atom stereocenters. The molecule has 0 radical (unpaired) electrons. The van der Waals surface area contributed by atoms with Crippen LogP contribution in [-0.4, -0.2) is 107 Å². The number of aliphatic hydroxyl groups excluding tert-OH is 1. The summed E-state index contributed by atoms with van der Waals surface area (Å²) in [7, 11) is 0. The third-order valence-corrected chi connectivity index (χ3v) is 7.56. The molecule has 2 heterocycles. The topological polar surface area (TPSA) is 189 Å². The van der Waals surface area contributed by atoms with Gasteiger partial charge in [-0.3, -0.25) is 19.2 Å². The Bertz CT molecular complexity index is 989. The number of piperidine rings is 1. The summed E-state index contributed by atoms with van der Waals surface area (Å²) in [5.41, 5.74) is 0. The minimum atomic E-state index is -4.33. The summed E-state index contributed by atoms with van der Waals surface area (Å²) in [6.45, 7) is 7.19. The Morgan fingerprint density at radius 3 is 2.02 bits per heavy atom. The van der Waals surface area contributed by atoms with E-state index in [-0.39, 0.29) is 63.2 Å². The number of carbonyl (C=O) groups is 5. The molecule has 2 aliphatic rings. The van der Waals surface area contributed by atoms with Crippen LogP contribution in [0.5, 0.6) is 0 Å². The van der Waals surface area contributed by atoms with Crippen LogP contribution in [0.2, 0.25) is 0 Å². The average molecular weight is 623 g/mol. The zero-order valence-electron chi connectivity index (χ0n) is 25.0. The lowest BCUT2D eigenvalue weighted by atomic mass is 9.93. The maximum absolute atomic E-state index is 13.5. The highest BCUT2D eigenvalue weighted by atomic mass is 19.4. The van der Waals surface area contributed by atoms with Gasteiger partial charge in [-0.15, -0.1) is 0 Å².